The quantitative estimate of drug-likeness (QED) is 0.635. The molecular formula is C20H20ClFN2O3. The van der Waals surface area contributed by atoms with Crippen molar-refractivity contribution >= 4 is 23.7 Å². The molecule has 1 N–H and O–H groups in total. The number of ether oxygens (including phenoxy) is 2. The van der Waals surface area contributed by atoms with Crippen molar-refractivity contribution in [3.63, 3.8) is 0 Å². The lowest BCUT2D eigenvalue weighted by atomic mass is 9.87. The summed E-state index contributed by atoms with van der Waals surface area (Å²) in [5.41, 5.74) is 3.44. The number of nitrogens with zero attached hydrogens (tertiary/aromatic N) is 1. The van der Waals surface area contributed by atoms with Gasteiger partial charge in [0.1, 0.15) is 12.4 Å². The maximum absolute atomic E-state index is 13.7. The van der Waals surface area contributed by atoms with Crippen molar-refractivity contribution < 1.29 is 18.7 Å². The van der Waals surface area contributed by atoms with Gasteiger partial charge in [0.25, 0.3) is 5.91 Å². The highest BCUT2D eigenvalue weighted by atomic mass is 35.5. The van der Waals surface area contributed by atoms with Gasteiger partial charge in [0.15, 0.2) is 11.5 Å². The third-order valence-corrected chi connectivity index (χ3v) is 4.46. The van der Waals surface area contributed by atoms with Crippen LogP contribution in [-0.2, 0) is 10.2 Å². The predicted octanol–water partition coefficient (Wildman–Crippen LogP) is 4.07. The second kappa shape index (κ2) is 7.56. The van der Waals surface area contributed by atoms with Crippen molar-refractivity contribution in [1.29, 1.82) is 0 Å². The lowest BCUT2D eigenvalue weighted by molar-refractivity contribution is -0.130. The summed E-state index contributed by atoms with van der Waals surface area (Å²) >= 11 is 5.91. The van der Waals surface area contributed by atoms with E-state index in [4.69, 9.17) is 21.1 Å². The van der Waals surface area contributed by atoms with Gasteiger partial charge in [-0.2, -0.15) is 5.10 Å². The van der Waals surface area contributed by atoms with Crippen LogP contribution in [0.3, 0.4) is 0 Å². The molecule has 0 saturated heterocycles. The van der Waals surface area contributed by atoms with E-state index in [0.717, 1.165) is 11.8 Å². The average molecular weight is 391 g/mol. The number of halogens is 2. The van der Waals surface area contributed by atoms with E-state index in [9.17, 15) is 9.18 Å². The standard InChI is InChI=1S/C20H20ClFN2O3/c1-20(2,3)12-7-8-16-17(9-12)27-18(11-26-16)19(25)24-23-10-13-14(21)5-4-6-15(13)22/h4-10,18H,11H2,1-3H3,(H,24,25). The number of rotatable bonds is 3. The second-order valence-corrected chi connectivity index (χ2v) is 7.61. The molecule has 5 nitrogen and oxygen atoms in total. The molecule has 27 heavy (non-hydrogen) atoms. The van der Waals surface area contributed by atoms with Crippen LogP contribution >= 0.6 is 11.6 Å². The zero-order chi connectivity index (χ0) is 19.6. The molecule has 0 fully saturated rings. The zero-order valence-corrected chi connectivity index (χ0v) is 16.0. The van der Waals surface area contributed by atoms with Crippen LogP contribution in [0.4, 0.5) is 4.39 Å². The number of nitrogens with one attached hydrogen (secondary N) is 1. The normalized spacial score (nSPS) is 16.4. The highest BCUT2D eigenvalue weighted by molar-refractivity contribution is 6.33. The number of benzene rings is 2. The first-order chi connectivity index (χ1) is 12.8. The van der Waals surface area contributed by atoms with Gasteiger partial charge >= 0.3 is 0 Å². The number of carbonyl (C=O) groups excluding carboxylic acids is 1. The van der Waals surface area contributed by atoms with Crippen molar-refractivity contribution in [3.8, 4) is 11.5 Å². The van der Waals surface area contributed by atoms with Crippen LogP contribution in [0.5, 0.6) is 11.5 Å². The minimum absolute atomic E-state index is 0.0586. The highest BCUT2D eigenvalue weighted by Crippen LogP contribution is 2.36. The summed E-state index contributed by atoms with van der Waals surface area (Å²) in [5.74, 6) is 0.0792. The molecule has 1 aliphatic rings. The number of amides is 1. The maximum Gasteiger partial charge on any atom is 0.284 e. The molecule has 2 aromatic carbocycles. The topological polar surface area (TPSA) is 59.9 Å². The van der Waals surface area contributed by atoms with Gasteiger partial charge in [0.2, 0.25) is 6.10 Å². The van der Waals surface area contributed by atoms with Gasteiger partial charge in [0.05, 0.1) is 11.2 Å². The SMILES string of the molecule is CC(C)(C)c1ccc2c(c1)OC(C(=O)NN=Cc1c(F)cccc1Cl)CO2. The summed E-state index contributed by atoms with van der Waals surface area (Å²) in [7, 11) is 0. The van der Waals surface area contributed by atoms with Crippen LogP contribution < -0.4 is 14.9 Å². The molecule has 0 bridgehead atoms. The number of hydrazone groups is 1. The van der Waals surface area contributed by atoms with E-state index in [1.54, 1.807) is 0 Å². The van der Waals surface area contributed by atoms with E-state index in [1.807, 2.05) is 18.2 Å². The third kappa shape index (κ3) is 4.39. The third-order valence-electron chi connectivity index (χ3n) is 4.13. The molecule has 1 atom stereocenters. The molecule has 0 aromatic heterocycles. The second-order valence-electron chi connectivity index (χ2n) is 7.20. The molecule has 0 aliphatic carbocycles. The molecule has 1 unspecified atom stereocenters. The Labute approximate surface area is 162 Å². The fourth-order valence-electron chi connectivity index (χ4n) is 2.53. The lowest BCUT2D eigenvalue weighted by Gasteiger charge is -2.27. The Morgan fingerprint density at radius 1 is 1.30 bits per heavy atom. The zero-order valence-electron chi connectivity index (χ0n) is 15.3. The van der Waals surface area contributed by atoms with E-state index >= 15 is 0 Å². The molecule has 1 aliphatic heterocycles. The van der Waals surface area contributed by atoms with Crippen molar-refractivity contribution in [2.45, 2.75) is 32.3 Å². The van der Waals surface area contributed by atoms with Crippen molar-refractivity contribution in [3.05, 3.63) is 58.4 Å². The van der Waals surface area contributed by atoms with Gasteiger partial charge in [-0.3, -0.25) is 4.79 Å². The van der Waals surface area contributed by atoms with Gasteiger partial charge in [0, 0.05) is 5.56 Å². The van der Waals surface area contributed by atoms with Crippen LogP contribution in [0.15, 0.2) is 41.5 Å². The number of fused-ring (bicyclic) bond motifs is 1. The molecule has 2 aromatic rings. The monoisotopic (exact) mass is 390 g/mol. The van der Waals surface area contributed by atoms with Crippen molar-refractivity contribution in [2.24, 2.45) is 5.10 Å². The average Bonchev–Trinajstić information content (AvgIpc) is 2.62. The van der Waals surface area contributed by atoms with E-state index in [2.05, 4.69) is 31.3 Å². The lowest BCUT2D eigenvalue weighted by Crippen LogP contribution is -2.42. The van der Waals surface area contributed by atoms with E-state index < -0.39 is 17.8 Å². The van der Waals surface area contributed by atoms with E-state index in [-0.39, 0.29) is 22.6 Å². The van der Waals surface area contributed by atoms with Gasteiger partial charge in [-0.25, -0.2) is 9.82 Å². The Morgan fingerprint density at radius 3 is 2.78 bits per heavy atom. The molecule has 0 saturated carbocycles. The first-order valence-corrected chi connectivity index (χ1v) is 8.84. The first-order valence-electron chi connectivity index (χ1n) is 8.46. The Kier molecular flexibility index (Phi) is 5.37. The fraction of sp³-hybridized carbons (Fsp3) is 0.300. The molecule has 142 valence electrons. The molecule has 7 heteroatoms. The summed E-state index contributed by atoms with van der Waals surface area (Å²) < 4.78 is 25.1. The van der Waals surface area contributed by atoms with Gasteiger partial charge < -0.3 is 9.47 Å². The van der Waals surface area contributed by atoms with Crippen molar-refractivity contribution in [2.75, 3.05) is 6.61 Å². The van der Waals surface area contributed by atoms with Crippen LogP contribution in [0, 0.1) is 5.82 Å². The van der Waals surface area contributed by atoms with Crippen molar-refractivity contribution in [1.82, 2.24) is 5.43 Å². The van der Waals surface area contributed by atoms with Crippen LogP contribution in [0.2, 0.25) is 5.02 Å². The number of hydrogen-bond donors (Lipinski definition) is 1. The van der Waals surface area contributed by atoms with Gasteiger partial charge in [-0.15, -0.1) is 0 Å². The first kappa shape index (κ1) is 19.2. The Hall–Kier alpha value is -2.60. The molecule has 0 radical (unpaired) electrons. The largest absolute Gasteiger partial charge is 0.485 e. The predicted molar refractivity (Wildman–Crippen MR) is 102 cm³/mol. The Bertz CT molecular complexity index is 873. The molecule has 1 heterocycles. The highest BCUT2D eigenvalue weighted by Gasteiger charge is 2.28. The van der Waals surface area contributed by atoms with Crippen LogP contribution in [-0.4, -0.2) is 24.8 Å². The van der Waals surface area contributed by atoms with E-state index in [1.165, 1.54) is 18.2 Å². The minimum atomic E-state index is -0.860. The number of carbonyl (C=O) groups is 1. The van der Waals surface area contributed by atoms with E-state index in [0.29, 0.717) is 11.5 Å². The molecule has 3 rings (SSSR count). The molecule has 1 amide bonds. The summed E-state index contributed by atoms with van der Waals surface area (Å²) in [6, 6.07) is 9.97. The Balaban J connectivity index is 1.68. The van der Waals surface area contributed by atoms with Gasteiger partial charge in [-0.1, -0.05) is 44.5 Å². The molecule has 0 spiro atoms. The summed E-state index contributed by atoms with van der Waals surface area (Å²) in [6.07, 6.45) is 0.297. The fourth-order valence-corrected chi connectivity index (χ4v) is 2.75. The minimum Gasteiger partial charge on any atom is -0.485 e. The number of hydrogen-bond acceptors (Lipinski definition) is 4. The summed E-state index contributed by atoms with van der Waals surface area (Å²) in [4.78, 5) is 12.3. The van der Waals surface area contributed by atoms with Crippen LogP contribution in [0.25, 0.3) is 0 Å². The summed E-state index contributed by atoms with van der Waals surface area (Å²) in [5, 5.41) is 3.97. The maximum atomic E-state index is 13.7. The Morgan fingerprint density at radius 2 is 2.07 bits per heavy atom. The molecular weight excluding hydrogens is 371 g/mol. The van der Waals surface area contributed by atoms with Crippen LogP contribution in [0.1, 0.15) is 31.9 Å². The van der Waals surface area contributed by atoms with Gasteiger partial charge in [-0.05, 0) is 35.2 Å². The summed E-state index contributed by atoms with van der Waals surface area (Å²) in [6.45, 7) is 6.32. The smallest absolute Gasteiger partial charge is 0.284 e.